The normalized spacial score (nSPS) is 15.4. The number of benzene rings is 1. The summed E-state index contributed by atoms with van der Waals surface area (Å²) in [6, 6.07) is 8.16. The van der Waals surface area contributed by atoms with Crippen molar-refractivity contribution < 1.29 is 9.47 Å². The number of nitrogens with one attached hydrogen (secondary N) is 1. The number of aliphatic imine (C=N–C) groups is 1. The summed E-state index contributed by atoms with van der Waals surface area (Å²) in [6.07, 6.45) is 4.49. The van der Waals surface area contributed by atoms with Crippen LogP contribution < -0.4 is 10.1 Å². The van der Waals surface area contributed by atoms with Crippen molar-refractivity contribution in [2.45, 2.75) is 25.7 Å². The minimum Gasteiger partial charge on any atom is -0.496 e. The van der Waals surface area contributed by atoms with Crippen LogP contribution in [0.15, 0.2) is 29.3 Å². The zero-order valence-electron chi connectivity index (χ0n) is 15.7. The molecule has 142 valence electrons. The average molecular weight is 461 g/mol. The first-order chi connectivity index (χ1) is 11.7. The van der Waals surface area contributed by atoms with Crippen molar-refractivity contribution in [3.8, 4) is 5.75 Å². The van der Waals surface area contributed by atoms with Gasteiger partial charge in [0.1, 0.15) is 5.75 Å². The van der Waals surface area contributed by atoms with Crippen molar-refractivity contribution >= 4 is 29.9 Å². The van der Waals surface area contributed by atoms with Gasteiger partial charge in [-0.1, -0.05) is 18.2 Å². The lowest BCUT2D eigenvalue weighted by Crippen LogP contribution is -2.40. The molecule has 0 unspecified atom stereocenters. The maximum absolute atomic E-state index is 5.43. The highest BCUT2D eigenvalue weighted by molar-refractivity contribution is 14.0. The summed E-state index contributed by atoms with van der Waals surface area (Å²) in [5, 5.41) is 3.45. The van der Waals surface area contributed by atoms with Crippen molar-refractivity contribution in [3.63, 3.8) is 0 Å². The molecule has 0 amide bonds. The van der Waals surface area contributed by atoms with Gasteiger partial charge in [0.15, 0.2) is 5.96 Å². The Balaban J connectivity index is 0.00000312. The van der Waals surface area contributed by atoms with Crippen LogP contribution in [-0.2, 0) is 11.2 Å². The molecule has 2 rings (SSSR count). The van der Waals surface area contributed by atoms with Crippen molar-refractivity contribution in [2.24, 2.45) is 10.9 Å². The summed E-state index contributed by atoms with van der Waals surface area (Å²) in [5.74, 6) is 2.69. The number of ether oxygens (including phenoxy) is 2. The van der Waals surface area contributed by atoms with E-state index in [0.717, 1.165) is 50.4 Å². The molecule has 0 aromatic heterocycles. The second-order valence-corrected chi connectivity index (χ2v) is 6.30. The number of halogens is 1. The SMILES string of the molecule is CN=C(NCCc1ccccc1OC)N(C)CCC1CCOCC1.I. The summed E-state index contributed by atoms with van der Waals surface area (Å²) in [4.78, 5) is 6.62. The monoisotopic (exact) mass is 461 g/mol. The highest BCUT2D eigenvalue weighted by Crippen LogP contribution is 2.19. The molecular weight excluding hydrogens is 429 g/mol. The van der Waals surface area contributed by atoms with Crippen LogP contribution in [0.5, 0.6) is 5.75 Å². The van der Waals surface area contributed by atoms with E-state index in [1.165, 1.54) is 24.8 Å². The van der Waals surface area contributed by atoms with Crippen LogP contribution >= 0.6 is 24.0 Å². The third-order valence-corrected chi connectivity index (χ3v) is 4.66. The molecule has 0 atom stereocenters. The zero-order chi connectivity index (χ0) is 17.2. The fraction of sp³-hybridized carbons (Fsp3) is 0.632. The molecule has 1 aliphatic heterocycles. The van der Waals surface area contributed by atoms with E-state index < -0.39 is 0 Å². The Morgan fingerprint density at radius 2 is 2.04 bits per heavy atom. The summed E-state index contributed by atoms with van der Waals surface area (Å²) in [5.41, 5.74) is 1.22. The van der Waals surface area contributed by atoms with Gasteiger partial charge in [-0.05, 0) is 43.2 Å². The Morgan fingerprint density at radius 3 is 2.72 bits per heavy atom. The molecule has 1 aromatic rings. The van der Waals surface area contributed by atoms with Crippen LogP contribution in [0.1, 0.15) is 24.8 Å². The van der Waals surface area contributed by atoms with E-state index in [9.17, 15) is 0 Å². The molecule has 1 saturated heterocycles. The van der Waals surface area contributed by atoms with Crippen molar-refractivity contribution in [3.05, 3.63) is 29.8 Å². The van der Waals surface area contributed by atoms with Crippen LogP contribution in [-0.4, -0.2) is 58.4 Å². The van der Waals surface area contributed by atoms with Crippen LogP contribution in [0, 0.1) is 5.92 Å². The van der Waals surface area contributed by atoms with Crippen LogP contribution in [0.2, 0.25) is 0 Å². The predicted molar refractivity (Wildman–Crippen MR) is 114 cm³/mol. The molecule has 1 heterocycles. The highest BCUT2D eigenvalue weighted by atomic mass is 127. The van der Waals surface area contributed by atoms with Gasteiger partial charge in [-0.2, -0.15) is 0 Å². The maximum Gasteiger partial charge on any atom is 0.193 e. The molecule has 0 spiro atoms. The smallest absolute Gasteiger partial charge is 0.193 e. The molecule has 5 nitrogen and oxygen atoms in total. The van der Waals surface area contributed by atoms with Crippen LogP contribution in [0.4, 0.5) is 0 Å². The molecule has 1 N–H and O–H groups in total. The topological polar surface area (TPSA) is 46.1 Å². The summed E-state index contributed by atoms with van der Waals surface area (Å²) in [6.45, 7) is 3.70. The Bertz CT molecular complexity index is 519. The zero-order valence-corrected chi connectivity index (χ0v) is 18.0. The number of hydrogen-bond donors (Lipinski definition) is 1. The molecular formula is C19H32IN3O2. The molecule has 1 fully saturated rings. The van der Waals surface area contributed by atoms with E-state index in [2.05, 4.69) is 28.3 Å². The molecule has 0 bridgehead atoms. The molecule has 0 aliphatic carbocycles. The second kappa shape index (κ2) is 12.4. The predicted octanol–water partition coefficient (Wildman–Crippen LogP) is 3.18. The van der Waals surface area contributed by atoms with Gasteiger partial charge in [0, 0.05) is 40.4 Å². The number of hydrogen-bond acceptors (Lipinski definition) is 3. The first-order valence-corrected chi connectivity index (χ1v) is 8.86. The van der Waals surface area contributed by atoms with E-state index >= 15 is 0 Å². The van der Waals surface area contributed by atoms with Crippen LogP contribution in [0.3, 0.4) is 0 Å². The standard InChI is InChI=1S/C19H31N3O2.HI/c1-20-19(22(2)13-9-16-10-14-24-15-11-16)21-12-8-17-6-4-5-7-18(17)23-3;/h4-7,16H,8-15H2,1-3H3,(H,20,21);1H. The minimum atomic E-state index is 0. The number of para-hydroxylation sites is 1. The quantitative estimate of drug-likeness (QED) is 0.385. The summed E-state index contributed by atoms with van der Waals surface area (Å²) >= 11 is 0. The fourth-order valence-corrected chi connectivity index (χ4v) is 3.12. The van der Waals surface area contributed by atoms with Gasteiger partial charge < -0.3 is 19.7 Å². The van der Waals surface area contributed by atoms with Gasteiger partial charge in [0.25, 0.3) is 0 Å². The first kappa shape index (κ1) is 22.0. The average Bonchev–Trinajstić information content (AvgIpc) is 2.64. The van der Waals surface area contributed by atoms with Gasteiger partial charge in [-0.15, -0.1) is 24.0 Å². The molecule has 1 aromatic carbocycles. The Labute approximate surface area is 169 Å². The molecule has 0 radical (unpaired) electrons. The Hall–Kier alpha value is -1.02. The van der Waals surface area contributed by atoms with Crippen molar-refractivity contribution in [2.75, 3.05) is 47.5 Å². The minimum absolute atomic E-state index is 0. The third-order valence-electron chi connectivity index (χ3n) is 4.66. The highest BCUT2D eigenvalue weighted by Gasteiger charge is 2.15. The lowest BCUT2D eigenvalue weighted by atomic mass is 9.96. The van der Waals surface area contributed by atoms with Crippen molar-refractivity contribution in [1.29, 1.82) is 0 Å². The van der Waals surface area contributed by atoms with E-state index in [0.29, 0.717) is 0 Å². The molecule has 0 saturated carbocycles. The summed E-state index contributed by atoms with van der Waals surface area (Å²) < 4.78 is 10.8. The van der Waals surface area contributed by atoms with E-state index in [-0.39, 0.29) is 24.0 Å². The number of methoxy groups -OCH3 is 1. The third kappa shape index (κ3) is 7.40. The largest absolute Gasteiger partial charge is 0.496 e. The van der Waals surface area contributed by atoms with E-state index in [1.807, 2.05) is 25.2 Å². The maximum atomic E-state index is 5.43. The van der Waals surface area contributed by atoms with Gasteiger partial charge in [-0.25, -0.2) is 0 Å². The van der Waals surface area contributed by atoms with Gasteiger partial charge in [0.2, 0.25) is 0 Å². The number of rotatable bonds is 7. The summed E-state index contributed by atoms with van der Waals surface area (Å²) in [7, 11) is 5.67. The van der Waals surface area contributed by atoms with Gasteiger partial charge in [-0.3, -0.25) is 4.99 Å². The van der Waals surface area contributed by atoms with Crippen molar-refractivity contribution in [1.82, 2.24) is 10.2 Å². The lowest BCUT2D eigenvalue weighted by Gasteiger charge is -2.26. The Kier molecular flexibility index (Phi) is 10.9. The second-order valence-electron chi connectivity index (χ2n) is 6.30. The van der Waals surface area contributed by atoms with Gasteiger partial charge >= 0.3 is 0 Å². The molecule has 6 heteroatoms. The van der Waals surface area contributed by atoms with E-state index in [1.54, 1.807) is 7.11 Å². The lowest BCUT2D eigenvalue weighted by molar-refractivity contribution is 0.0625. The fourth-order valence-electron chi connectivity index (χ4n) is 3.12. The van der Waals surface area contributed by atoms with Crippen LogP contribution in [0.25, 0.3) is 0 Å². The van der Waals surface area contributed by atoms with E-state index in [4.69, 9.17) is 9.47 Å². The Morgan fingerprint density at radius 1 is 1.32 bits per heavy atom. The molecule has 25 heavy (non-hydrogen) atoms. The first-order valence-electron chi connectivity index (χ1n) is 8.86. The number of nitrogens with zero attached hydrogens (tertiary/aromatic N) is 2. The number of guanidine groups is 1. The van der Waals surface area contributed by atoms with Gasteiger partial charge in [0.05, 0.1) is 7.11 Å². The molecule has 1 aliphatic rings.